The maximum absolute atomic E-state index is 13.3. The first-order chi connectivity index (χ1) is 7.22. The van der Waals surface area contributed by atoms with Gasteiger partial charge in [-0.15, -0.1) is 11.3 Å². The Morgan fingerprint density at radius 1 is 1.33 bits per heavy atom. The zero-order valence-corrected chi connectivity index (χ0v) is 8.51. The largest absolute Gasteiger partial charge is 0.398 e. The Hall–Kier alpha value is -1.86. The minimum atomic E-state index is -0.260. The van der Waals surface area contributed by atoms with Crippen LogP contribution in [-0.4, -0.2) is 0 Å². The van der Waals surface area contributed by atoms with Crippen LogP contribution in [0.5, 0.6) is 0 Å². The smallest absolute Gasteiger partial charge is 0.141 e. The molecule has 1 aromatic carbocycles. The van der Waals surface area contributed by atoms with Gasteiger partial charge in [0.05, 0.1) is 16.1 Å². The van der Waals surface area contributed by atoms with Crippen LogP contribution in [0.25, 0.3) is 10.4 Å². The molecule has 4 heteroatoms. The van der Waals surface area contributed by atoms with E-state index in [1.165, 1.54) is 17.4 Å². The molecule has 2 N–H and O–H groups in total. The molecule has 0 unspecified atom stereocenters. The molecule has 0 atom stereocenters. The highest BCUT2D eigenvalue weighted by atomic mass is 32.1. The Kier molecular flexibility index (Phi) is 2.40. The second-order valence-electron chi connectivity index (χ2n) is 3.01. The fourth-order valence-corrected chi connectivity index (χ4v) is 2.07. The monoisotopic (exact) mass is 218 g/mol. The van der Waals surface area contributed by atoms with Gasteiger partial charge in [0.25, 0.3) is 0 Å². The molecule has 1 aromatic heterocycles. The van der Waals surface area contributed by atoms with Crippen molar-refractivity contribution in [3.63, 3.8) is 0 Å². The van der Waals surface area contributed by atoms with Crippen molar-refractivity contribution in [1.82, 2.24) is 0 Å². The van der Waals surface area contributed by atoms with Gasteiger partial charge in [0.15, 0.2) is 0 Å². The summed E-state index contributed by atoms with van der Waals surface area (Å²) in [7, 11) is 0. The predicted molar refractivity (Wildman–Crippen MR) is 58.8 cm³/mol. The first kappa shape index (κ1) is 9.69. The molecule has 15 heavy (non-hydrogen) atoms. The Morgan fingerprint density at radius 2 is 2.13 bits per heavy atom. The summed E-state index contributed by atoms with van der Waals surface area (Å²) in [4.78, 5) is 0.547. The second-order valence-corrected chi connectivity index (χ2v) is 3.93. The number of nitrogens with two attached hydrogens (primary N) is 1. The number of hydrogen-bond donors (Lipinski definition) is 1. The number of nitrogens with zero attached hydrogens (tertiary/aromatic N) is 1. The average Bonchev–Trinajstić information content (AvgIpc) is 2.64. The topological polar surface area (TPSA) is 49.8 Å². The summed E-state index contributed by atoms with van der Waals surface area (Å²) in [5.74, 6) is -0.260. The van der Waals surface area contributed by atoms with Crippen LogP contribution in [0, 0.1) is 17.1 Å². The third-order valence-electron chi connectivity index (χ3n) is 2.05. The first-order valence-corrected chi connectivity index (χ1v) is 5.13. The van der Waals surface area contributed by atoms with Gasteiger partial charge in [-0.25, -0.2) is 4.39 Å². The van der Waals surface area contributed by atoms with Crippen molar-refractivity contribution in [3.05, 3.63) is 41.0 Å². The molecule has 0 aliphatic heterocycles. The molecule has 2 nitrogen and oxygen atoms in total. The normalized spacial score (nSPS) is 9.87. The summed E-state index contributed by atoms with van der Waals surface area (Å²) in [5.41, 5.74) is 7.15. The minimum absolute atomic E-state index is 0.260. The Bertz CT molecular complexity index is 540. The maximum atomic E-state index is 13.3. The maximum Gasteiger partial charge on any atom is 0.141 e. The highest BCUT2D eigenvalue weighted by Crippen LogP contribution is 2.30. The summed E-state index contributed by atoms with van der Waals surface area (Å²) in [6.07, 6.45) is 0. The van der Waals surface area contributed by atoms with Crippen LogP contribution in [0.2, 0.25) is 0 Å². The molecule has 0 aliphatic carbocycles. The van der Waals surface area contributed by atoms with E-state index in [4.69, 9.17) is 11.0 Å². The first-order valence-electron chi connectivity index (χ1n) is 4.25. The van der Waals surface area contributed by atoms with Gasteiger partial charge in [0.1, 0.15) is 11.9 Å². The van der Waals surface area contributed by atoms with E-state index in [2.05, 4.69) is 0 Å². The molecule has 0 fully saturated rings. The molecule has 0 bridgehead atoms. The lowest BCUT2D eigenvalue weighted by Crippen LogP contribution is -1.90. The highest BCUT2D eigenvalue weighted by molar-refractivity contribution is 7.13. The Labute approximate surface area is 90.4 Å². The third-order valence-corrected chi connectivity index (χ3v) is 2.99. The minimum Gasteiger partial charge on any atom is -0.398 e. The summed E-state index contributed by atoms with van der Waals surface area (Å²) in [6.45, 7) is 0. The standard InChI is InChI=1S/C11H7FN2S/c12-9-3-4-15-11(9)7-1-2-8(6-13)10(14)5-7/h1-5H,14H2. The molecule has 0 aliphatic rings. The van der Waals surface area contributed by atoms with E-state index in [-0.39, 0.29) is 5.82 Å². The zero-order chi connectivity index (χ0) is 10.8. The number of hydrogen-bond acceptors (Lipinski definition) is 3. The van der Waals surface area contributed by atoms with Gasteiger partial charge in [-0.05, 0) is 29.1 Å². The number of benzene rings is 1. The van der Waals surface area contributed by atoms with Crippen LogP contribution in [-0.2, 0) is 0 Å². The molecule has 74 valence electrons. The molecule has 0 saturated carbocycles. The lowest BCUT2D eigenvalue weighted by Gasteiger charge is -2.01. The van der Waals surface area contributed by atoms with Gasteiger partial charge in [0, 0.05) is 0 Å². The van der Waals surface area contributed by atoms with Crippen LogP contribution in [0.15, 0.2) is 29.6 Å². The number of nitriles is 1. The van der Waals surface area contributed by atoms with Crippen LogP contribution in [0.4, 0.5) is 10.1 Å². The number of nitrogen functional groups attached to an aromatic ring is 1. The van der Waals surface area contributed by atoms with Gasteiger partial charge < -0.3 is 5.73 Å². The molecule has 0 radical (unpaired) electrons. The zero-order valence-electron chi connectivity index (χ0n) is 7.70. The molecule has 0 saturated heterocycles. The van der Waals surface area contributed by atoms with Crippen LogP contribution in [0.1, 0.15) is 5.56 Å². The summed E-state index contributed by atoms with van der Waals surface area (Å²) < 4.78 is 13.3. The number of rotatable bonds is 1. The van der Waals surface area contributed by atoms with Crippen molar-refractivity contribution in [2.24, 2.45) is 0 Å². The third kappa shape index (κ3) is 1.69. The van der Waals surface area contributed by atoms with Crippen LogP contribution >= 0.6 is 11.3 Å². The molecular formula is C11H7FN2S. The highest BCUT2D eigenvalue weighted by Gasteiger charge is 2.08. The predicted octanol–water partition coefficient (Wildman–Crippen LogP) is 3.01. The Balaban J connectivity index is 2.53. The number of anilines is 1. The quantitative estimate of drug-likeness (QED) is 0.748. The van der Waals surface area contributed by atoms with Gasteiger partial charge in [-0.3, -0.25) is 0 Å². The SMILES string of the molecule is N#Cc1ccc(-c2sccc2F)cc1N. The van der Waals surface area contributed by atoms with Crippen molar-refractivity contribution >= 4 is 17.0 Å². The number of thiophene rings is 1. The van der Waals surface area contributed by atoms with Crippen LogP contribution in [0.3, 0.4) is 0 Å². The van der Waals surface area contributed by atoms with E-state index in [1.807, 2.05) is 6.07 Å². The molecular weight excluding hydrogens is 211 g/mol. The summed E-state index contributed by atoms with van der Waals surface area (Å²) in [6, 6.07) is 8.30. The van der Waals surface area contributed by atoms with E-state index in [0.717, 1.165) is 0 Å². The lowest BCUT2D eigenvalue weighted by atomic mass is 10.1. The molecule has 2 aromatic rings. The van der Waals surface area contributed by atoms with E-state index in [1.54, 1.807) is 23.6 Å². The van der Waals surface area contributed by atoms with Gasteiger partial charge >= 0.3 is 0 Å². The van der Waals surface area contributed by atoms with E-state index < -0.39 is 0 Å². The van der Waals surface area contributed by atoms with Gasteiger partial charge in [-0.1, -0.05) is 6.07 Å². The van der Waals surface area contributed by atoms with Crippen LogP contribution < -0.4 is 5.73 Å². The molecule has 2 rings (SSSR count). The van der Waals surface area contributed by atoms with E-state index >= 15 is 0 Å². The molecule has 1 heterocycles. The lowest BCUT2D eigenvalue weighted by molar-refractivity contribution is 0.636. The van der Waals surface area contributed by atoms with Crippen molar-refractivity contribution in [3.8, 4) is 16.5 Å². The van der Waals surface area contributed by atoms with Crippen molar-refractivity contribution in [2.75, 3.05) is 5.73 Å². The molecule has 0 amide bonds. The van der Waals surface area contributed by atoms with E-state index in [9.17, 15) is 4.39 Å². The number of halogens is 1. The van der Waals surface area contributed by atoms with Crippen molar-refractivity contribution in [1.29, 1.82) is 5.26 Å². The van der Waals surface area contributed by atoms with Crippen molar-refractivity contribution < 1.29 is 4.39 Å². The summed E-state index contributed by atoms with van der Waals surface area (Å²) >= 11 is 1.31. The average molecular weight is 218 g/mol. The van der Waals surface area contributed by atoms with Crippen molar-refractivity contribution in [2.45, 2.75) is 0 Å². The molecule has 0 spiro atoms. The van der Waals surface area contributed by atoms with E-state index in [0.29, 0.717) is 21.7 Å². The van der Waals surface area contributed by atoms with Gasteiger partial charge in [-0.2, -0.15) is 5.26 Å². The Morgan fingerprint density at radius 3 is 2.67 bits per heavy atom. The van der Waals surface area contributed by atoms with Gasteiger partial charge in [0.2, 0.25) is 0 Å². The fraction of sp³-hybridized carbons (Fsp3) is 0. The summed E-state index contributed by atoms with van der Waals surface area (Å²) in [5, 5.41) is 10.4. The fourth-order valence-electron chi connectivity index (χ4n) is 1.31. The second kappa shape index (κ2) is 3.71.